The summed E-state index contributed by atoms with van der Waals surface area (Å²) in [6.07, 6.45) is 13.0. The first-order valence-electron chi connectivity index (χ1n) is 16.1. The third-order valence-electron chi connectivity index (χ3n) is 9.33. The van der Waals surface area contributed by atoms with Gasteiger partial charge in [0.25, 0.3) is 0 Å². The van der Waals surface area contributed by atoms with Crippen molar-refractivity contribution in [3.63, 3.8) is 0 Å². The molecule has 8 rings (SSSR count). The van der Waals surface area contributed by atoms with Crippen molar-refractivity contribution in [2.45, 2.75) is 24.7 Å². The first kappa shape index (κ1) is 29.2. The highest BCUT2D eigenvalue weighted by Gasteiger charge is 2.25. The molecule has 47 heavy (non-hydrogen) atoms. The van der Waals surface area contributed by atoms with Gasteiger partial charge in [-0.15, -0.1) is 0 Å². The SMILES string of the molecule is C=C1/C=C\C=C/CN(c2ccc3oc4ccc(-c5ccc6c(c5)C(C)/C(=C\C=C(/C)c5ccccc5)S6)cc4c3c2)c2ccccc21. The average Bonchev–Trinajstić information content (AvgIpc) is 3.66. The highest BCUT2D eigenvalue weighted by molar-refractivity contribution is 8.03. The van der Waals surface area contributed by atoms with Crippen molar-refractivity contribution < 1.29 is 4.42 Å². The van der Waals surface area contributed by atoms with Crippen LogP contribution in [0, 0.1) is 0 Å². The highest BCUT2D eigenvalue weighted by atomic mass is 32.2. The predicted octanol–water partition coefficient (Wildman–Crippen LogP) is 12.7. The van der Waals surface area contributed by atoms with Gasteiger partial charge in [-0.25, -0.2) is 0 Å². The molecular weight excluding hydrogens is 591 g/mol. The number of furan rings is 1. The van der Waals surface area contributed by atoms with Crippen LogP contribution in [0.1, 0.15) is 36.5 Å². The summed E-state index contributed by atoms with van der Waals surface area (Å²) in [5, 5.41) is 2.25. The molecule has 0 radical (unpaired) electrons. The highest BCUT2D eigenvalue weighted by Crippen LogP contribution is 2.49. The number of allylic oxidation sites excluding steroid dienone is 8. The van der Waals surface area contributed by atoms with Crippen molar-refractivity contribution in [2.75, 3.05) is 11.4 Å². The molecule has 0 spiro atoms. The molecule has 0 saturated carbocycles. The van der Waals surface area contributed by atoms with E-state index in [4.69, 9.17) is 4.42 Å². The second kappa shape index (κ2) is 12.2. The van der Waals surface area contributed by atoms with Gasteiger partial charge >= 0.3 is 0 Å². The van der Waals surface area contributed by atoms with Crippen LogP contribution in [0.5, 0.6) is 0 Å². The molecule has 228 valence electrons. The van der Waals surface area contributed by atoms with Gasteiger partial charge in [0, 0.05) is 45.1 Å². The number of benzene rings is 5. The Morgan fingerprint density at radius 1 is 0.830 bits per heavy atom. The number of nitrogens with zero attached hydrogens (tertiary/aromatic N) is 1. The molecule has 1 aromatic heterocycles. The summed E-state index contributed by atoms with van der Waals surface area (Å²) in [5.74, 6) is 0.348. The number of hydrogen-bond donors (Lipinski definition) is 0. The van der Waals surface area contributed by atoms with Crippen molar-refractivity contribution in [3.05, 3.63) is 174 Å². The predicted molar refractivity (Wildman–Crippen MR) is 202 cm³/mol. The van der Waals surface area contributed by atoms with Crippen LogP contribution in [0.3, 0.4) is 0 Å². The maximum Gasteiger partial charge on any atom is 0.135 e. The summed E-state index contributed by atoms with van der Waals surface area (Å²) >= 11 is 1.89. The molecular formula is C44H35NOS. The Labute approximate surface area is 280 Å². The van der Waals surface area contributed by atoms with Crippen molar-refractivity contribution in [3.8, 4) is 11.1 Å². The molecule has 3 heterocycles. The molecule has 0 bridgehead atoms. The summed E-state index contributed by atoms with van der Waals surface area (Å²) in [6.45, 7) is 9.59. The summed E-state index contributed by atoms with van der Waals surface area (Å²) in [7, 11) is 0. The zero-order chi connectivity index (χ0) is 31.9. The monoisotopic (exact) mass is 625 g/mol. The van der Waals surface area contributed by atoms with Crippen LogP contribution in [-0.4, -0.2) is 6.54 Å². The standard InChI is InChI=1S/C44H35NOS/c1-29(32-13-7-4-8-14-32)17-23-43-31(3)37-26-34(19-24-44(37)47-43)33-18-21-41-38(27-33)39-28-35(20-22-42(39)46-41)45-25-11-5-6-12-30(2)36-15-9-10-16-40(36)45/h4-24,26-28,31H,2,25H2,1,3H3/b11-5-,12-6-,29-17+,43-23+. The van der Waals surface area contributed by atoms with Gasteiger partial charge in [0.2, 0.25) is 0 Å². The van der Waals surface area contributed by atoms with Gasteiger partial charge in [0.15, 0.2) is 0 Å². The molecule has 0 amide bonds. The number of rotatable bonds is 4. The normalized spacial score (nSPS) is 18.6. The molecule has 2 aliphatic rings. The van der Waals surface area contributed by atoms with Crippen LogP contribution in [0.2, 0.25) is 0 Å². The second-order valence-electron chi connectivity index (χ2n) is 12.3. The topological polar surface area (TPSA) is 16.4 Å². The zero-order valence-corrected chi connectivity index (χ0v) is 27.4. The lowest BCUT2D eigenvalue weighted by Gasteiger charge is -2.26. The first-order chi connectivity index (χ1) is 23.0. The van der Waals surface area contributed by atoms with Crippen LogP contribution in [0.15, 0.2) is 166 Å². The molecule has 1 unspecified atom stereocenters. The summed E-state index contributed by atoms with van der Waals surface area (Å²) < 4.78 is 6.35. The molecule has 0 aliphatic carbocycles. The fourth-order valence-electron chi connectivity index (χ4n) is 6.65. The third-order valence-corrected chi connectivity index (χ3v) is 10.6. The fourth-order valence-corrected chi connectivity index (χ4v) is 7.84. The maximum atomic E-state index is 6.35. The molecule has 2 aliphatic heterocycles. The van der Waals surface area contributed by atoms with Gasteiger partial charge in [-0.2, -0.15) is 0 Å². The van der Waals surface area contributed by atoms with Crippen LogP contribution >= 0.6 is 11.8 Å². The Morgan fingerprint density at radius 2 is 1.57 bits per heavy atom. The van der Waals surface area contributed by atoms with E-state index in [1.165, 1.54) is 37.6 Å². The Morgan fingerprint density at radius 3 is 2.45 bits per heavy atom. The van der Waals surface area contributed by atoms with Crippen molar-refractivity contribution in [1.82, 2.24) is 0 Å². The number of hydrogen-bond acceptors (Lipinski definition) is 3. The van der Waals surface area contributed by atoms with Crippen molar-refractivity contribution in [2.24, 2.45) is 0 Å². The fraction of sp³-hybridized carbons (Fsp3) is 0.0909. The van der Waals surface area contributed by atoms with E-state index in [1.54, 1.807) is 0 Å². The number of anilines is 2. The van der Waals surface area contributed by atoms with Crippen molar-refractivity contribution in [1.29, 1.82) is 0 Å². The Hall–Kier alpha value is -5.25. The van der Waals surface area contributed by atoms with E-state index in [1.807, 2.05) is 11.8 Å². The molecule has 0 N–H and O–H groups in total. The molecule has 0 saturated heterocycles. The van der Waals surface area contributed by atoms with E-state index in [0.29, 0.717) is 5.92 Å². The smallest absolute Gasteiger partial charge is 0.135 e. The molecule has 6 aromatic rings. The lowest BCUT2D eigenvalue weighted by molar-refractivity contribution is 0.669. The van der Waals surface area contributed by atoms with E-state index >= 15 is 0 Å². The van der Waals surface area contributed by atoms with E-state index < -0.39 is 0 Å². The Balaban J connectivity index is 1.14. The minimum Gasteiger partial charge on any atom is -0.456 e. The van der Waals surface area contributed by atoms with Crippen LogP contribution in [-0.2, 0) is 0 Å². The van der Waals surface area contributed by atoms with Gasteiger partial charge in [0.05, 0.1) is 0 Å². The number of fused-ring (bicyclic) bond motifs is 5. The van der Waals surface area contributed by atoms with Gasteiger partial charge in [0.1, 0.15) is 11.2 Å². The summed E-state index contributed by atoms with van der Waals surface area (Å²) in [5.41, 5.74) is 12.5. The van der Waals surface area contributed by atoms with E-state index in [2.05, 4.69) is 171 Å². The van der Waals surface area contributed by atoms with Gasteiger partial charge < -0.3 is 9.32 Å². The molecule has 5 aromatic carbocycles. The Bertz CT molecular complexity index is 2300. The number of para-hydroxylation sites is 1. The van der Waals surface area contributed by atoms with Gasteiger partial charge in [-0.05, 0) is 93.8 Å². The van der Waals surface area contributed by atoms with Crippen LogP contribution in [0.25, 0.3) is 44.2 Å². The van der Waals surface area contributed by atoms with E-state index in [0.717, 1.165) is 51.0 Å². The summed E-state index contributed by atoms with van der Waals surface area (Å²) in [6, 6.07) is 39.1. The zero-order valence-electron chi connectivity index (χ0n) is 26.6. The summed E-state index contributed by atoms with van der Waals surface area (Å²) in [4.78, 5) is 5.08. The molecule has 2 nitrogen and oxygen atoms in total. The average molecular weight is 626 g/mol. The molecule has 0 fully saturated rings. The number of thioether (sulfide) groups is 1. The van der Waals surface area contributed by atoms with Crippen LogP contribution < -0.4 is 4.90 Å². The second-order valence-corrected chi connectivity index (χ2v) is 13.4. The van der Waals surface area contributed by atoms with Crippen LogP contribution in [0.4, 0.5) is 11.4 Å². The first-order valence-corrected chi connectivity index (χ1v) is 17.0. The Kier molecular flexibility index (Phi) is 7.55. The molecule has 3 heteroatoms. The lowest BCUT2D eigenvalue weighted by Crippen LogP contribution is -2.18. The van der Waals surface area contributed by atoms with E-state index in [-0.39, 0.29) is 0 Å². The van der Waals surface area contributed by atoms with Gasteiger partial charge in [-0.1, -0.05) is 122 Å². The lowest BCUT2D eigenvalue weighted by atomic mass is 9.95. The van der Waals surface area contributed by atoms with E-state index in [9.17, 15) is 0 Å². The van der Waals surface area contributed by atoms with Gasteiger partial charge in [-0.3, -0.25) is 0 Å². The maximum absolute atomic E-state index is 6.35. The third kappa shape index (κ3) is 5.47. The quantitative estimate of drug-likeness (QED) is 0.194. The molecule has 1 atom stereocenters. The minimum atomic E-state index is 0.348. The minimum absolute atomic E-state index is 0.348. The largest absolute Gasteiger partial charge is 0.456 e. The van der Waals surface area contributed by atoms with Crippen molar-refractivity contribution >= 4 is 56.2 Å².